The summed E-state index contributed by atoms with van der Waals surface area (Å²) in [6.45, 7) is 3.17. The normalized spacial score (nSPS) is 21.3. The van der Waals surface area contributed by atoms with Crippen molar-refractivity contribution < 1.29 is 5.11 Å². The predicted octanol–water partition coefficient (Wildman–Crippen LogP) is 3.18. The lowest BCUT2D eigenvalue weighted by molar-refractivity contribution is 0.211. The number of benzene rings is 1. The Balaban J connectivity index is 1.33. The molecule has 1 spiro atoms. The average molecular weight is 420 g/mol. The molecule has 6 rings (SSSR count). The van der Waals surface area contributed by atoms with Gasteiger partial charge in [-0.1, -0.05) is 17.4 Å². The van der Waals surface area contributed by atoms with Gasteiger partial charge >= 0.3 is 0 Å². The Morgan fingerprint density at radius 2 is 2.10 bits per heavy atom. The van der Waals surface area contributed by atoms with Crippen molar-refractivity contribution in [2.75, 3.05) is 24.5 Å². The minimum Gasteiger partial charge on any atom is -0.507 e. The Bertz CT molecular complexity index is 1210. The van der Waals surface area contributed by atoms with Crippen LogP contribution in [0.2, 0.25) is 0 Å². The molecule has 152 valence electrons. The van der Waals surface area contributed by atoms with E-state index in [1.54, 1.807) is 29.8 Å². The zero-order valence-corrected chi connectivity index (χ0v) is 17.1. The second kappa shape index (κ2) is 6.75. The third-order valence-corrected chi connectivity index (χ3v) is 7.32. The highest BCUT2D eigenvalue weighted by Crippen LogP contribution is 2.43. The fourth-order valence-corrected chi connectivity index (χ4v) is 5.62. The number of nitrogens with zero attached hydrogens (tertiary/aromatic N) is 5. The van der Waals surface area contributed by atoms with Crippen molar-refractivity contribution in [3.63, 3.8) is 0 Å². The van der Waals surface area contributed by atoms with Gasteiger partial charge in [-0.05, 0) is 49.6 Å². The zero-order valence-electron chi connectivity index (χ0n) is 16.3. The van der Waals surface area contributed by atoms with Gasteiger partial charge in [0.25, 0.3) is 0 Å². The summed E-state index contributed by atoms with van der Waals surface area (Å²) in [6.07, 6.45) is 7.15. The third-order valence-electron chi connectivity index (χ3n) is 6.30. The number of piperidine rings is 1. The monoisotopic (exact) mass is 419 g/mol. The van der Waals surface area contributed by atoms with E-state index in [9.17, 15) is 5.11 Å². The van der Waals surface area contributed by atoms with Crippen LogP contribution >= 0.6 is 11.3 Å². The lowest BCUT2D eigenvalue weighted by Crippen LogP contribution is -2.66. The number of rotatable bonds is 3. The summed E-state index contributed by atoms with van der Waals surface area (Å²) in [7, 11) is 0. The minimum absolute atomic E-state index is 0.169. The van der Waals surface area contributed by atoms with Crippen molar-refractivity contribution >= 4 is 26.8 Å². The molecule has 0 aliphatic carbocycles. The van der Waals surface area contributed by atoms with E-state index < -0.39 is 0 Å². The third kappa shape index (κ3) is 2.77. The number of hydrogen-bond acceptors (Lipinski definition) is 8. The maximum absolute atomic E-state index is 10.6. The van der Waals surface area contributed by atoms with Crippen LogP contribution < -0.4 is 10.2 Å². The number of anilines is 1. The lowest BCUT2D eigenvalue weighted by Gasteiger charge is -2.55. The standard InChI is InChI=1S/C21H21N7OS/c29-17-8-13(14-10-23-24-11-14)2-3-15(17)16-9-18-19(27-26-16)25-20(30-18)28-7-5-21(28)4-1-6-22-12-21/h2-3,8-11,22,29H,1,4-7,12H2,(H,23,24). The highest BCUT2D eigenvalue weighted by molar-refractivity contribution is 7.22. The van der Waals surface area contributed by atoms with Crippen molar-refractivity contribution in [2.24, 2.45) is 0 Å². The van der Waals surface area contributed by atoms with E-state index >= 15 is 0 Å². The Morgan fingerprint density at radius 3 is 2.83 bits per heavy atom. The summed E-state index contributed by atoms with van der Waals surface area (Å²) in [5.41, 5.74) is 3.99. The Labute approximate surface area is 177 Å². The summed E-state index contributed by atoms with van der Waals surface area (Å²) < 4.78 is 0.985. The first-order valence-corrected chi connectivity index (χ1v) is 11.0. The molecule has 0 saturated carbocycles. The molecule has 30 heavy (non-hydrogen) atoms. The molecular formula is C21H21N7OS. The number of phenolic OH excluding ortho intramolecular Hbond substituents is 1. The minimum atomic E-state index is 0.169. The first-order chi connectivity index (χ1) is 14.7. The van der Waals surface area contributed by atoms with Gasteiger partial charge in [-0.2, -0.15) is 10.1 Å². The lowest BCUT2D eigenvalue weighted by atomic mass is 9.79. The maximum Gasteiger partial charge on any atom is 0.194 e. The van der Waals surface area contributed by atoms with E-state index in [0.717, 1.165) is 40.6 Å². The highest BCUT2D eigenvalue weighted by atomic mass is 32.1. The molecule has 3 aromatic heterocycles. The molecule has 2 saturated heterocycles. The van der Waals surface area contributed by atoms with Gasteiger partial charge in [0.15, 0.2) is 10.8 Å². The number of fused-ring (bicyclic) bond motifs is 1. The van der Waals surface area contributed by atoms with Gasteiger partial charge in [-0.25, -0.2) is 0 Å². The molecular weight excluding hydrogens is 398 g/mol. The smallest absolute Gasteiger partial charge is 0.194 e. The van der Waals surface area contributed by atoms with Gasteiger partial charge in [0.1, 0.15) is 5.75 Å². The molecule has 9 heteroatoms. The largest absolute Gasteiger partial charge is 0.507 e. The van der Waals surface area contributed by atoms with Gasteiger partial charge in [0.05, 0.1) is 22.1 Å². The molecule has 3 N–H and O–H groups in total. The van der Waals surface area contributed by atoms with Crippen LogP contribution in [0, 0.1) is 0 Å². The molecule has 2 aliphatic heterocycles. The first-order valence-electron chi connectivity index (χ1n) is 10.2. The zero-order chi connectivity index (χ0) is 20.1. The first kappa shape index (κ1) is 17.8. The van der Waals surface area contributed by atoms with E-state index in [-0.39, 0.29) is 11.3 Å². The van der Waals surface area contributed by atoms with Crippen LogP contribution in [0.5, 0.6) is 5.75 Å². The molecule has 0 bridgehead atoms. The summed E-state index contributed by atoms with van der Waals surface area (Å²) in [6, 6.07) is 7.52. The average Bonchev–Trinajstić information content (AvgIpc) is 3.43. The van der Waals surface area contributed by atoms with Gasteiger partial charge in [-0.15, -0.1) is 10.2 Å². The number of aromatic hydroxyl groups is 1. The van der Waals surface area contributed by atoms with Crippen molar-refractivity contribution in [3.8, 4) is 28.1 Å². The van der Waals surface area contributed by atoms with Crippen LogP contribution in [0.15, 0.2) is 36.7 Å². The van der Waals surface area contributed by atoms with E-state index in [1.807, 2.05) is 18.2 Å². The molecule has 4 aromatic rings. The van der Waals surface area contributed by atoms with E-state index in [1.165, 1.54) is 19.3 Å². The van der Waals surface area contributed by atoms with Gasteiger partial charge in [-0.3, -0.25) is 5.10 Å². The SMILES string of the molecule is Oc1cc(-c2cn[nH]c2)ccc1-c1cc2sc(N3CCC34CCCNC4)nc2nn1. The Kier molecular flexibility index (Phi) is 4.00. The second-order valence-corrected chi connectivity index (χ2v) is 9.05. The van der Waals surface area contributed by atoms with Crippen LogP contribution in [0.25, 0.3) is 32.7 Å². The van der Waals surface area contributed by atoms with Crippen molar-refractivity contribution in [1.82, 2.24) is 30.7 Å². The van der Waals surface area contributed by atoms with E-state index in [4.69, 9.17) is 4.98 Å². The van der Waals surface area contributed by atoms with Crippen LogP contribution in [-0.2, 0) is 0 Å². The number of nitrogens with one attached hydrogen (secondary N) is 2. The molecule has 8 nitrogen and oxygen atoms in total. The molecule has 1 unspecified atom stereocenters. The molecule has 1 aromatic carbocycles. The summed E-state index contributed by atoms with van der Waals surface area (Å²) in [5, 5.41) is 30.6. The van der Waals surface area contributed by atoms with Crippen LogP contribution in [0.1, 0.15) is 19.3 Å². The number of phenols is 1. The number of aromatic nitrogens is 5. The fraction of sp³-hybridized carbons (Fsp3) is 0.333. The van der Waals surface area contributed by atoms with Crippen molar-refractivity contribution in [1.29, 1.82) is 0 Å². The van der Waals surface area contributed by atoms with E-state index in [0.29, 0.717) is 16.9 Å². The number of H-pyrrole nitrogens is 1. The maximum atomic E-state index is 10.6. The van der Waals surface area contributed by atoms with Gasteiger partial charge < -0.3 is 15.3 Å². The highest BCUT2D eigenvalue weighted by Gasteiger charge is 2.46. The molecule has 0 amide bonds. The Hall–Kier alpha value is -3.04. The van der Waals surface area contributed by atoms with E-state index in [2.05, 4.69) is 30.6 Å². The molecule has 5 heterocycles. The number of hydrogen-bond donors (Lipinski definition) is 3. The molecule has 2 fully saturated rings. The fourth-order valence-electron chi connectivity index (χ4n) is 4.55. The van der Waals surface area contributed by atoms with Crippen LogP contribution in [0.4, 0.5) is 5.13 Å². The Morgan fingerprint density at radius 1 is 1.13 bits per heavy atom. The van der Waals surface area contributed by atoms with Crippen LogP contribution in [0.3, 0.4) is 0 Å². The summed E-state index contributed by atoms with van der Waals surface area (Å²) >= 11 is 1.66. The molecule has 2 aliphatic rings. The molecule has 1 atom stereocenters. The van der Waals surface area contributed by atoms with Crippen LogP contribution in [-0.4, -0.2) is 55.7 Å². The summed E-state index contributed by atoms with van der Waals surface area (Å²) in [4.78, 5) is 7.19. The quantitative estimate of drug-likeness (QED) is 0.469. The predicted molar refractivity (Wildman–Crippen MR) is 117 cm³/mol. The topological polar surface area (TPSA) is 103 Å². The molecule has 0 radical (unpaired) electrons. The van der Waals surface area contributed by atoms with Gasteiger partial charge in [0, 0.05) is 30.4 Å². The van der Waals surface area contributed by atoms with Gasteiger partial charge in [0.2, 0.25) is 0 Å². The van der Waals surface area contributed by atoms with Crippen molar-refractivity contribution in [2.45, 2.75) is 24.8 Å². The van der Waals surface area contributed by atoms with Crippen molar-refractivity contribution in [3.05, 3.63) is 36.7 Å². The number of aromatic amines is 1. The second-order valence-electron chi connectivity index (χ2n) is 8.04. The summed E-state index contributed by atoms with van der Waals surface area (Å²) in [5.74, 6) is 0.169. The number of thiazole rings is 1.